The van der Waals surface area contributed by atoms with Crippen molar-refractivity contribution in [3.8, 4) is 11.5 Å². The van der Waals surface area contributed by atoms with E-state index in [1.807, 2.05) is 58.0 Å². The monoisotopic (exact) mass is 633 g/mol. The maximum atomic E-state index is 13.9. The van der Waals surface area contributed by atoms with Gasteiger partial charge in [0.1, 0.15) is 12.1 Å². The van der Waals surface area contributed by atoms with Crippen LogP contribution in [-0.4, -0.2) is 63.9 Å². The van der Waals surface area contributed by atoms with Gasteiger partial charge in [0.2, 0.25) is 11.1 Å². The number of thioether (sulfide) groups is 1. The second kappa shape index (κ2) is 15.3. The molecular weight excluding hydrogens is 590 g/mol. The van der Waals surface area contributed by atoms with Gasteiger partial charge in [-0.25, -0.2) is 9.48 Å². The van der Waals surface area contributed by atoms with E-state index < -0.39 is 6.04 Å². The van der Waals surface area contributed by atoms with Crippen molar-refractivity contribution in [1.29, 1.82) is 0 Å². The Labute approximate surface area is 269 Å². The molecule has 45 heavy (non-hydrogen) atoms. The van der Waals surface area contributed by atoms with Crippen LogP contribution in [0.3, 0.4) is 0 Å². The van der Waals surface area contributed by atoms with Gasteiger partial charge in [-0.15, -0.1) is 5.10 Å². The average molecular weight is 634 g/mol. The van der Waals surface area contributed by atoms with Gasteiger partial charge in [-0.2, -0.15) is 4.98 Å². The zero-order valence-electron chi connectivity index (χ0n) is 26.6. The van der Waals surface area contributed by atoms with Crippen LogP contribution < -0.4 is 14.8 Å². The van der Waals surface area contributed by atoms with Gasteiger partial charge in [-0.1, -0.05) is 54.6 Å². The van der Waals surface area contributed by atoms with Crippen LogP contribution in [0.4, 0.5) is 5.95 Å². The third-order valence-electron chi connectivity index (χ3n) is 8.14. The lowest BCUT2D eigenvalue weighted by atomic mass is 9.94. The van der Waals surface area contributed by atoms with Crippen molar-refractivity contribution >= 4 is 29.6 Å². The lowest BCUT2D eigenvalue weighted by molar-refractivity contribution is -0.146. The normalized spacial score (nSPS) is 16.5. The van der Waals surface area contributed by atoms with E-state index in [4.69, 9.17) is 24.3 Å². The Bertz CT molecular complexity index is 1500. The summed E-state index contributed by atoms with van der Waals surface area (Å²) in [7, 11) is 0. The van der Waals surface area contributed by atoms with Crippen molar-refractivity contribution < 1.29 is 23.8 Å². The number of aromatic nitrogens is 3. The summed E-state index contributed by atoms with van der Waals surface area (Å²) in [5.74, 6) is 1.75. The number of anilines is 1. The fourth-order valence-electron chi connectivity index (χ4n) is 5.77. The van der Waals surface area contributed by atoms with Crippen LogP contribution >= 0.6 is 11.8 Å². The van der Waals surface area contributed by atoms with Gasteiger partial charge in [0.05, 0.1) is 12.2 Å². The summed E-state index contributed by atoms with van der Waals surface area (Å²) in [5, 5.41) is 8.78. The molecule has 0 saturated heterocycles. The summed E-state index contributed by atoms with van der Waals surface area (Å²) in [6.07, 6.45) is 4.93. The fraction of sp³-hybridized carbons (Fsp3) is 0.471. The lowest BCUT2D eigenvalue weighted by Gasteiger charge is -2.30. The first kappa shape index (κ1) is 32.4. The van der Waals surface area contributed by atoms with E-state index >= 15 is 0 Å². The van der Waals surface area contributed by atoms with Crippen molar-refractivity contribution in [3.05, 3.63) is 70.9 Å². The third-order valence-corrected chi connectivity index (χ3v) is 9.05. The highest BCUT2D eigenvalue weighted by Crippen LogP contribution is 2.40. The first-order valence-electron chi connectivity index (χ1n) is 15.9. The molecule has 240 valence electrons. The number of amides is 1. The van der Waals surface area contributed by atoms with E-state index in [0.717, 1.165) is 31.2 Å². The summed E-state index contributed by atoms with van der Waals surface area (Å²) in [6.45, 7) is 9.18. The van der Waals surface area contributed by atoms with E-state index in [-0.39, 0.29) is 24.6 Å². The number of allylic oxidation sites excluding steroid dienone is 1. The van der Waals surface area contributed by atoms with Crippen LogP contribution in [0.1, 0.15) is 77.0 Å². The molecule has 1 saturated carbocycles. The molecule has 1 aliphatic carbocycles. The number of fused-ring (bicyclic) bond motifs is 1. The molecule has 1 N–H and O–H groups in total. The molecule has 1 amide bonds. The van der Waals surface area contributed by atoms with Gasteiger partial charge in [0.15, 0.2) is 18.1 Å². The number of hydrogen-bond acceptors (Lipinski definition) is 9. The van der Waals surface area contributed by atoms with Crippen molar-refractivity contribution in [3.63, 3.8) is 0 Å². The first-order valence-corrected chi connectivity index (χ1v) is 16.9. The van der Waals surface area contributed by atoms with Crippen molar-refractivity contribution in [2.45, 2.75) is 82.9 Å². The molecule has 0 bridgehead atoms. The fourth-order valence-corrected chi connectivity index (χ4v) is 6.56. The quantitative estimate of drug-likeness (QED) is 0.169. The second-order valence-corrected chi connectivity index (χ2v) is 12.1. The number of ether oxygens (including phenoxy) is 3. The lowest BCUT2D eigenvalue weighted by Crippen LogP contribution is -2.34. The number of nitrogens with one attached hydrogen (secondary N) is 1. The molecule has 1 aliphatic heterocycles. The summed E-state index contributed by atoms with van der Waals surface area (Å²) in [6, 6.07) is 15.1. The van der Waals surface area contributed by atoms with Crippen LogP contribution in [0.2, 0.25) is 0 Å². The number of benzene rings is 2. The Kier molecular flexibility index (Phi) is 11.0. The van der Waals surface area contributed by atoms with Crippen LogP contribution in [0, 0.1) is 0 Å². The van der Waals surface area contributed by atoms with E-state index in [0.29, 0.717) is 59.3 Å². The molecule has 5 rings (SSSR count). The van der Waals surface area contributed by atoms with Gasteiger partial charge in [-0.3, -0.25) is 4.79 Å². The molecule has 1 fully saturated rings. The van der Waals surface area contributed by atoms with Gasteiger partial charge >= 0.3 is 5.97 Å². The molecule has 0 radical (unpaired) electrons. The van der Waals surface area contributed by atoms with Gasteiger partial charge in [0, 0.05) is 24.5 Å². The molecule has 0 spiro atoms. The van der Waals surface area contributed by atoms with Crippen molar-refractivity contribution in [2.75, 3.05) is 31.6 Å². The van der Waals surface area contributed by atoms with Crippen LogP contribution in [0.5, 0.6) is 11.5 Å². The predicted molar refractivity (Wildman–Crippen MR) is 174 cm³/mol. The highest BCUT2D eigenvalue weighted by atomic mass is 32.2. The third kappa shape index (κ3) is 7.81. The molecule has 3 aromatic rings. The average Bonchev–Trinajstić information content (AvgIpc) is 3.46. The van der Waals surface area contributed by atoms with Crippen molar-refractivity contribution in [2.24, 2.45) is 0 Å². The molecule has 10 nitrogen and oxygen atoms in total. The number of esters is 1. The van der Waals surface area contributed by atoms with Gasteiger partial charge in [0.25, 0.3) is 5.91 Å². The Hall–Kier alpha value is -3.99. The van der Waals surface area contributed by atoms with E-state index in [9.17, 15) is 9.59 Å². The van der Waals surface area contributed by atoms with E-state index in [2.05, 4.69) is 17.4 Å². The van der Waals surface area contributed by atoms with E-state index in [1.165, 1.54) is 23.7 Å². The Balaban J connectivity index is 1.48. The molecule has 1 unspecified atom stereocenters. The van der Waals surface area contributed by atoms with Crippen molar-refractivity contribution in [1.82, 2.24) is 19.7 Å². The zero-order valence-corrected chi connectivity index (χ0v) is 27.4. The zero-order chi connectivity index (χ0) is 31.8. The highest BCUT2D eigenvalue weighted by molar-refractivity contribution is 7.98. The number of rotatable bonds is 13. The predicted octanol–water partition coefficient (Wildman–Crippen LogP) is 6.38. The minimum absolute atomic E-state index is 0.0935. The molecule has 1 atom stereocenters. The number of likely N-dealkylation sites (N-methyl/N-ethyl adjacent to an activating group) is 1. The van der Waals surface area contributed by atoms with Crippen LogP contribution in [-0.2, 0) is 20.1 Å². The van der Waals surface area contributed by atoms with E-state index in [1.54, 1.807) is 15.6 Å². The number of nitrogens with zero attached hydrogens (tertiary/aromatic N) is 4. The minimum Gasteiger partial charge on any atom is -0.490 e. The SMILES string of the molecule is CCOc1cc(C2C(C(=O)OC3CCCCC3)=C(C)Nc3nc(SCc4ccccc4)nn32)ccc1OCC(=O)N(CC)CC. The highest BCUT2D eigenvalue weighted by Gasteiger charge is 2.37. The molecule has 2 aliphatic rings. The summed E-state index contributed by atoms with van der Waals surface area (Å²) < 4.78 is 19.8. The smallest absolute Gasteiger partial charge is 0.338 e. The van der Waals surface area contributed by atoms with Crippen LogP contribution in [0.25, 0.3) is 0 Å². The summed E-state index contributed by atoms with van der Waals surface area (Å²) >= 11 is 1.53. The minimum atomic E-state index is -0.610. The summed E-state index contributed by atoms with van der Waals surface area (Å²) in [5.41, 5.74) is 3.08. The molecular formula is C34H43N5O5S. The molecule has 2 aromatic carbocycles. The van der Waals surface area contributed by atoms with Crippen LogP contribution in [0.15, 0.2) is 65.0 Å². The largest absolute Gasteiger partial charge is 0.490 e. The topological polar surface area (TPSA) is 108 Å². The van der Waals surface area contributed by atoms with Gasteiger partial charge in [-0.05, 0) is 76.6 Å². The number of carbonyl (C=O) groups is 2. The maximum Gasteiger partial charge on any atom is 0.338 e. The Morgan fingerprint density at radius 2 is 1.76 bits per heavy atom. The number of carbonyl (C=O) groups excluding carboxylic acids is 2. The molecule has 1 aromatic heterocycles. The maximum absolute atomic E-state index is 13.9. The number of hydrogen-bond donors (Lipinski definition) is 1. The standard InChI is InChI=1S/C34H43N5O5S/c1-5-38(6-2)29(40)21-43-27-19-18-25(20-28(27)42-7-3)31-30(32(41)44-26-16-12-9-13-17-26)23(4)35-33-36-34(37-39(31)33)45-22-24-14-10-8-11-15-24/h8,10-11,14-15,18-20,26,31H,5-7,9,12-13,16-17,21-22H2,1-4H3,(H,35,36,37). The Morgan fingerprint density at radius 1 is 1.00 bits per heavy atom. The molecule has 2 heterocycles. The second-order valence-electron chi connectivity index (χ2n) is 11.2. The first-order chi connectivity index (χ1) is 21.9. The molecule has 11 heteroatoms. The Morgan fingerprint density at radius 3 is 2.47 bits per heavy atom. The van der Waals surface area contributed by atoms with Gasteiger partial charge < -0.3 is 24.4 Å². The summed E-state index contributed by atoms with van der Waals surface area (Å²) in [4.78, 5) is 33.0.